The van der Waals surface area contributed by atoms with E-state index in [-0.39, 0.29) is 12.4 Å². The maximum atomic E-state index is 11.0. The van der Waals surface area contributed by atoms with Gasteiger partial charge in [0.05, 0.1) is 6.26 Å². The summed E-state index contributed by atoms with van der Waals surface area (Å²) < 4.78 is 11.1. The summed E-state index contributed by atoms with van der Waals surface area (Å²) in [5.74, 6) is 0.221. The minimum Gasteiger partial charge on any atom is -0.482 e. The van der Waals surface area contributed by atoms with Crippen LogP contribution in [-0.4, -0.2) is 10.9 Å². The van der Waals surface area contributed by atoms with Crippen LogP contribution in [0.4, 0.5) is 5.82 Å². The second-order valence-corrected chi connectivity index (χ2v) is 4.53. The molecule has 3 rings (SSSR count). The molecular formula is C15H13N3O3. The molecule has 0 radical (unpaired) electrons. The highest BCUT2D eigenvalue weighted by atomic mass is 16.5. The van der Waals surface area contributed by atoms with Gasteiger partial charge < -0.3 is 20.6 Å². The van der Waals surface area contributed by atoms with Crippen molar-refractivity contribution in [3.05, 3.63) is 53.9 Å². The van der Waals surface area contributed by atoms with E-state index in [1.165, 1.54) is 0 Å². The fraction of sp³-hybridized carbons (Fsp3) is 0.0667. The van der Waals surface area contributed by atoms with Crippen LogP contribution in [0.3, 0.4) is 0 Å². The van der Waals surface area contributed by atoms with Crippen LogP contribution in [0, 0.1) is 0 Å². The SMILES string of the molecule is NC(=O)c1ccc(COc2c(N)ncc3ccoc23)cc1. The molecule has 1 amide bonds. The molecule has 0 aliphatic heterocycles. The number of nitrogens with zero attached hydrogens (tertiary/aromatic N) is 1. The zero-order valence-electron chi connectivity index (χ0n) is 11.1. The van der Waals surface area contributed by atoms with Gasteiger partial charge in [-0.1, -0.05) is 12.1 Å². The predicted octanol–water partition coefficient (Wildman–Crippen LogP) is 2.09. The summed E-state index contributed by atoms with van der Waals surface area (Å²) in [6.45, 7) is 0.282. The first kappa shape index (κ1) is 13.0. The number of aromatic nitrogens is 1. The normalized spacial score (nSPS) is 10.7. The molecule has 3 aromatic rings. The number of pyridine rings is 1. The summed E-state index contributed by atoms with van der Waals surface area (Å²) in [6, 6.07) is 8.63. The van der Waals surface area contributed by atoms with Crippen LogP contribution < -0.4 is 16.2 Å². The summed E-state index contributed by atoms with van der Waals surface area (Å²) in [6.07, 6.45) is 3.18. The Balaban J connectivity index is 1.81. The van der Waals surface area contributed by atoms with Gasteiger partial charge in [0, 0.05) is 17.1 Å². The lowest BCUT2D eigenvalue weighted by molar-refractivity contribution is 0.1000. The predicted molar refractivity (Wildman–Crippen MR) is 77.7 cm³/mol. The largest absolute Gasteiger partial charge is 0.482 e. The van der Waals surface area contributed by atoms with Crippen molar-refractivity contribution in [1.29, 1.82) is 0 Å². The lowest BCUT2D eigenvalue weighted by Crippen LogP contribution is -2.10. The summed E-state index contributed by atoms with van der Waals surface area (Å²) in [7, 11) is 0. The molecule has 6 heteroatoms. The Bertz CT molecular complexity index is 794. The molecule has 2 aromatic heterocycles. The number of carbonyl (C=O) groups excluding carboxylic acids is 1. The molecule has 6 nitrogen and oxygen atoms in total. The first-order valence-electron chi connectivity index (χ1n) is 6.28. The molecule has 0 unspecified atom stereocenters. The molecule has 1 aromatic carbocycles. The molecule has 4 N–H and O–H groups in total. The van der Waals surface area contributed by atoms with E-state index >= 15 is 0 Å². The Morgan fingerprint density at radius 2 is 2.00 bits per heavy atom. The average molecular weight is 283 g/mol. The summed E-state index contributed by atoms with van der Waals surface area (Å²) in [4.78, 5) is 15.1. The number of carbonyl (C=O) groups is 1. The number of nitrogen functional groups attached to an aromatic ring is 1. The number of benzene rings is 1. The number of primary amides is 1. The molecule has 0 saturated heterocycles. The van der Waals surface area contributed by atoms with Crippen molar-refractivity contribution in [2.45, 2.75) is 6.61 Å². The smallest absolute Gasteiger partial charge is 0.248 e. The highest BCUT2D eigenvalue weighted by Gasteiger charge is 2.11. The van der Waals surface area contributed by atoms with E-state index in [1.807, 2.05) is 0 Å². The molecule has 0 atom stereocenters. The van der Waals surface area contributed by atoms with Crippen molar-refractivity contribution in [2.75, 3.05) is 5.73 Å². The first-order chi connectivity index (χ1) is 10.1. The van der Waals surface area contributed by atoms with Gasteiger partial charge in [-0.3, -0.25) is 4.79 Å². The van der Waals surface area contributed by atoms with Crippen LogP contribution in [0.5, 0.6) is 5.75 Å². The molecular weight excluding hydrogens is 270 g/mol. The molecule has 0 saturated carbocycles. The average Bonchev–Trinajstić information content (AvgIpc) is 2.95. The van der Waals surface area contributed by atoms with E-state index in [0.717, 1.165) is 10.9 Å². The standard InChI is InChI=1S/C15H13N3O3/c16-14-13(12-11(7-18-14)5-6-20-12)21-8-9-1-3-10(4-2-9)15(17)19/h1-7H,8H2,(H2,16,18)(H2,17,19). The van der Waals surface area contributed by atoms with Gasteiger partial charge in [-0.15, -0.1) is 0 Å². The first-order valence-corrected chi connectivity index (χ1v) is 6.28. The van der Waals surface area contributed by atoms with Gasteiger partial charge in [0.15, 0.2) is 11.4 Å². The lowest BCUT2D eigenvalue weighted by Gasteiger charge is -2.09. The van der Waals surface area contributed by atoms with E-state index in [4.69, 9.17) is 20.6 Å². The van der Waals surface area contributed by atoms with Crippen LogP contribution in [0.25, 0.3) is 11.0 Å². The van der Waals surface area contributed by atoms with Gasteiger partial charge in [0.2, 0.25) is 11.7 Å². The Morgan fingerprint density at radius 1 is 1.24 bits per heavy atom. The fourth-order valence-corrected chi connectivity index (χ4v) is 1.98. The number of amides is 1. The third-order valence-corrected chi connectivity index (χ3v) is 3.10. The molecule has 0 aliphatic rings. The highest BCUT2D eigenvalue weighted by Crippen LogP contribution is 2.31. The number of furan rings is 1. The Kier molecular flexibility index (Phi) is 3.19. The highest BCUT2D eigenvalue weighted by molar-refractivity contribution is 5.92. The van der Waals surface area contributed by atoms with Crippen LogP contribution in [0.1, 0.15) is 15.9 Å². The molecule has 0 spiro atoms. The van der Waals surface area contributed by atoms with Crippen LogP contribution >= 0.6 is 0 Å². The van der Waals surface area contributed by atoms with Gasteiger partial charge in [0.25, 0.3) is 0 Å². The molecule has 0 aliphatic carbocycles. The molecule has 21 heavy (non-hydrogen) atoms. The third-order valence-electron chi connectivity index (χ3n) is 3.10. The Labute approximate surface area is 120 Å². The van der Waals surface area contributed by atoms with E-state index < -0.39 is 5.91 Å². The molecule has 2 heterocycles. The second kappa shape index (κ2) is 5.16. The van der Waals surface area contributed by atoms with Crippen molar-refractivity contribution >= 4 is 22.7 Å². The van der Waals surface area contributed by atoms with Crippen LogP contribution in [0.2, 0.25) is 0 Å². The summed E-state index contributed by atoms with van der Waals surface area (Å²) in [5.41, 5.74) is 12.9. The van der Waals surface area contributed by atoms with Gasteiger partial charge in [0.1, 0.15) is 6.61 Å². The maximum absolute atomic E-state index is 11.0. The van der Waals surface area contributed by atoms with Gasteiger partial charge in [-0.2, -0.15) is 0 Å². The van der Waals surface area contributed by atoms with Crippen molar-refractivity contribution < 1.29 is 13.9 Å². The van der Waals surface area contributed by atoms with Crippen molar-refractivity contribution in [1.82, 2.24) is 4.98 Å². The Hall–Kier alpha value is -3.02. The Morgan fingerprint density at radius 3 is 2.71 bits per heavy atom. The summed E-state index contributed by atoms with van der Waals surface area (Å²) >= 11 is 0. The van der Waals surface area contributed by atoms with Crippen molar-refractivity contribution in [3.8, 4) is 5.75 Å². The van der Waals surface area contributed by atoms with E-state index in [1.54, 1.807) is 42.8 Å². The van der Waals surface area contributed by atoms with Crippen molar-refractivity contribution in [2.24, 2.45) is 5.73 Å². The molecule has 0 bridgehead atoms. The number of hydrogen-bond acceptors (Lipinski definition) is 5. The monoisotopic (exact) mass is 283 g/mol. The van der Waals surface area contributed by atoms with Gasteiger partial charge in [-0.25, -0.2) is 4.98 Å². The number of hydrogen-bond donors (Lipinski definition) is 2. The second-order valence-electron chi connectivity index (χ2n) is 4.53. The van der Waals surface area contributed by atoms with E-state index in [9.17, 15) is 4.79 Å². The van der Waals surface area contributed by atoms with Crippen molar-refractivity contribution in [3.63, 3.8) is 0 Å². The number of rotatable bonds is 4. The maximum Gasteiger partial charge on any atom is 0.248 e. The minimum atomic E-state index is -0.462. The zero-order valence-corrected chi connectivity index (χ0v) is 11.1. The number of fused-ring (bicyclic) bond motifs is 1. The lowest BCUT2D eigenvalue weighted by atomic mass is 10.1. The zero-order chi connectivity index (χ0) is 14.8. The van der Waals surface area contributed by atoms with E-state index in [2.05, 4.69) is 4.98 Å². The minimum absolute atomic E-state index is 0.270. The molecule has 0 fully saturated rings. The number of ether oxygens (including phenoxy) is 1. The van der Waals surface area contributed by atoms with Crippen LogP contribution in [0.15, 0.2) is 47.2 Å². The fourth-order valence-electron chi connectivity index (χ4n) is 1.98. The summed E-state index contributed by atoms with van der Waals surface area (Å²) in [5, 5.41) is 0.822. The molecule has 106 valence electrons. The van der Waals surface area contributed by atoms with Crippen LogP contribution in [-0.2, 0) is 6.61 Å². The quantitative estimate of drug-likeness (QED) is 0.762. The number of nitrogens with two attached hydrogens (primary N) is 2. The van der Waals surface area contributed by atoms with Gasteiger partial charge >= 0.3 is 0 Å². The topological polar surface area (TPSA) is 104 Å². The van der Waals surface area contributed by atoms with Gasteiger partial charge in [-0.05, 0) is 23.8 Å². The number of anilines is 1. The van der Waals surface area contributed by atoms with E-state index in [0.29, 0.717) is 16.9 Å². The third kappa shape index (κ3) is 2.51.